The van der Waals surface area contributed by atoms with Crippen LogP contribution in [-0.4, -0.2) is 36.6 Å². The van der Waals surface area contributed by atoms with Crippen LogP contribution in [0.1, 0.15) is 10.4 Å². The van der Waals surface area contributed by atoms with E-state index in [1.54, 1.807) is 17.0 Å². The number of benzene rings is 1. The Hall–Kier alpha value is -1.56. The number of hydrogen-bond acceptors (Lipinski definition) is 3. The summed E-state index contributed by atoms with van der Waals surface area (Å²) in [6, 6.07) is 4.94. The van der Waals surface area contributed by atoms with Crippen LogP contribution in [0, 0.1) is 0 Å². The maximum atomic E-state index is 11.3. The molecule has 0 unspecified atom stereocenters. The number of carboxylic acids is 1. The van der Waals surface area contributed by atoms with Crippen molar-refractivity contribution < 1.29 is 14.7 Å². The fraction of sp³-hybridized carbons (Fsp3) is 0.273. The van der Waals surface area contributed by atoms with Crippen molar-refractivity contribution in [1.82, 2.24) is 5.32 Å². The molecule has 0 saturated carbocycles. The van der Waals surface area contributed by atoms with E-state index in [1.165, 1.54) is 6.07 Å². The van der Waals surface area contributed by atoms with Crippen LogP contribution in [-0.2, 0) is 4.79 Å². The number of amides is 1. The van der Waals surface area contributed by atoms with Crippen LogP contribution in [0.25, 0.3) is 0 Å². The molecule has 1 aliphatic heterocycles. The molecule has 1 aliphatic rings. The minimum Gasteiger partial charge on any atom is -0.478 e. The number of hydrogen-bond donors (Lipinski definition) is 2. The van der Waals surface area contributed by atoms with Crippen LogP contribution in [0.5, 0.6) is 0 Å². The predicted molar refractivity (Wildman–Crippen MR) is 66.3 cm³/mol. The molecule has 1 heterocycles. The van der Waals surface area contributed by atoms with Crippen molar-refractivity contribution in [3.8, 4) is 0 Å². The Morgan fingerprint density at radius 3 is 2.88 bits per heavy atom. The summed E-state index contributed by atoms with van der Waals surface area (Å²) in [6.07, 6.45) is 0. The van der Waals surface area contributed by atoms with Crippen molar-refractivity contribution in [2.24, 2.45) is 0 Å². The van der Waals surface area contributed by atoms with Gasteiger partial charge in [-0.2, -0.15) is 0 Å². The molecule has 0 aliphatic carbocycles. The number of halogens is 1. The highest BCUT2D eigenvalue weighted by Crippen LogP contribution is 2.25. The van der Waals surface area contributed by atoms with E-state index in [0.29, 0.717) is 18.8 Å². The van der Waals surface area contributed by atoms with Gasteiger partial charge in [0.05, 0.1) is 17.8 Å². The number of nitrogens with one attached hydrogen (secondary N) is 1. The standard InChI is InChI=1S/C11H11BrN2O3/c12-7-1-2-8(11(16)17)9(5-7)14-4-3-13-10(15)6-14/h1-2,5H,3-4,6H2,(H,13,15)(H,16,17). The zero-order valence-corrected chi connectivity index (χ0v) is 10.5. The second kappa shape index (κ2) is 4.75. The Labute approximate surface area is 107 Å². The van der Waals surface area contributed by atoms with Gasteiger partial charge in [-0.25, -0.2) is 4.79 Å². The van der Waals surface area contributed by atoms with E-state index in [9.17, 15) is 9.59 Å². The molecule has 6 heteroatoms. The van der Waals surface area contributed by atoms with E-state index in [-0.39, 0.29) is 18.0 Å². The van der Waals surface area contributed by atoms with Gasteiger partial charge in [0, 0.05) is 17.6 Å². The van der Waals surface area contributed by atoms with E-state index < -0.39 is 5.97 Å². The quantitative estimate of drug-likeness (QED) is 0.857. The van der Waals surface area contributed by atoms with Crippen molar-refractivity contribution in [1.29, 1.82) is 0 Å². The average Bonchev–Trinajstić information content (AvgIpc) is 2.28. The van der Waals surface area contributed by atoms with Gasteiger partial charge in [0.2, 0.25) is 5.91 Å². The highest BCUT2D eigenvalue weighted by Gasteiger charge is 2.21. The van der Waals surface area contributed by atoms with E-state index in [0.717, 1.165) is 4.47 Å². The van der Waals surface area contributed by atoms with Crippen molar-refractivity contribution in [2.75, 3.05) is 24.5 Å². The molecule has 1 aromatic carbocycles. The first-order chi connectivity index (χ1) is 8.08. The molecule has 5 nitrogen and oxygen atoms in total. The molecule has 1 fully saturated rings. The highest BCUT2D eigenvalue weighted by atomic mass is 79.9. The molecule has 17 heavy (non-hydrogen) atoms. The Morgan fingerprint density at radius 2 is 2.24 bits per heavy atom. The Balaban J connectivity index is 2.38. The van der Waals surface area contributed by atoms with Crippen LogP contribution in [0.3, 0.4) is 0 Å². The van der Waals surface area contributed by atoms with Crippen LogP contribution in [0.2, 0.25) is 0 Å². The lowest BCUT2D eigenvalue weighted by Gasteiger charge is -2.29. The van der Waals surface area contributed by atoms with Crippen molar-refractivity contribution in [3.63, 3.8) is 0 Å². The molecule has 90 valence electrons. The van der Waals surface area contributed by atoms with Crippen LogP contribution < -0.4 is 10.2 Å². The zero-order valence-electron chi connectivity index (χ0n) is 8.94. The minimum atomic E-state index is -0.988. The van der Waals surface area contributed by atoms with Gasteiger partial charge in [-0.3, -0.25) is 4.79 Å². The molecule has 1 amide bonds. The molecule has 0 aromatic heterocycles. The minimum absolute atomic E-state index is 0.0902. The lowest BCUT2D eigenvalue weighted by Crippen LogP contribution is -2.48. The Kier molecular flexibility index (Phi) is 3.33. The van der Waals surface area contributed by atoms with Gasteiger partial charge in [-0.15, -0.1) is 0 Å². The summed E-state index contributed by atoms with van der Waals surface area (Å²) in [6.45, 7) is 1.34. The monoisotopic (exact) mass is 298 g/mol. The van der Waals surface area contributed by atoms with Crippen molar-refractivity contribution in [3.05, 3.63) is 28.2 Å². The summed E-state index contributed by atoms with van der Waals surface area (Å²) in [4.78, 5) is 24.2. The lowest BCUT2D eigenvalue weighted by atomic mass is 10.1. The molecular formula is C11H11BrN2O3. The van der Waals surface area contributed by atoms with Gasteiger partial charge in [-0.05, 0) is 18.2 Å². The average molecular weight is 299 g/mol. The maximum absolute atomic E-state index is 11.3. The molecular weight excluding hydrogens is 288 g/mol. The second-order valence-electron chi connectivity index (χ2n) is 3.74. The molecule has 1 aromatic rings. The van der Waals surface area contributed by atoms with E-state index in [1.807, 2.05) is 0 Å². The molecule has 0 atom stereocenters. The first-order valence-corrected chi connectivity index (χ1v) is 5.92. The van der Waals surface area contributed by atoms with Crippen LogP contribution in [0.4, 0.5) is 5.69 Å². The summed E-state index contributed by atoms with van der Waals surface area (Å²) in [5, 5.41) is 11.8. The summed E-state index contributed by atoms with van der Waals surface area (Å²) in [7, 11) is 0. The number of piperazine rings is 1. The lowest BCUT2D eigenvalue weighted by molar-refractivity contribution is -0.120. The fourth-order valence-electron chi connectivity index (χ4n) is 1.79. The van der Waals surface area contributed by atoms with Gasteiger partial charge in [-0.1, -0.05) is 15.9 Å². The third kappa shape index (κ3) is 2.58. The first-order valence-electron chi connectivity index (χ1n) is 5.12. The second-order valence-corrected chi connectivity index (χ2v) is 4.65. The smallest absolute Gasteiger partial charge is 0.337 e. The number of carbonyl (C=O) groups is 2. The Morgan fingerprint density at radius 1 is 1.47 bits per heavy atom. The summed E-state index contributed by atoms with van der Waals surface area (Å²) >= 11 is 3.31. The van der Waals surface area contributed by atoms with Gasteiger partial charge in [0.15, 0.2) is 0 Å². The van der Waals surface area contributed by atoms with Crippen LogP contribution in [0.15, 0.2) is 22.7 Å². The molecule has 0 bridgehead atoms. The topological polar surface area (TPSA) is 69.6 Å². The number of anilines is 1. The fourth-order valence-corrected chi connectivity index (χ4v) is 2.14. The zero-order chi connectivity index (χ0) is 12.4. The number of carboxylic acid groups (broad SMARTS) is 1. The predicted octanol–water partition coefficient (Wildman–Crippen LogP) is 1.08. The number of carbonyl (C=O) groups excluding carboxylic acids is 1. The summed E-state index contributed by atoms with van der Waals surface area (Å²) < 4.78 is 0.795. The molecule has 2 N–H and O–H groups in total. The largest absolute Gasteiger partial charge is 0.478 e. The number of rotatable bonds is 2. The summed E-state index contributed by atoms with van der Waals surface area (Å²) in [5.41, 5.74) is 0.782. The molecule has 1 saturated heterocycles. The Bertz CT molecular complexity index is 476. The van der Waals surface area contributed by atoms with Crippen molar-refractivity contribution >= 4 is 33.5 Å². The van der Waals surface area contributed by atoms with Crippen LogP contribution >= 0.6 is 15.9 Å². The van der Waals surface area contributed by atoms with Gasteiger partial charge >= 0.3 is 5.97 Å². The van der Waals surface area contributed by atoms with E-state index in [2.05, 4.69) is 21.2 Å². The highest BCUT2D eigenvalue weighted by molar-refractivity contribution is 9.10. The molecule has 2 rings (SSSR count). The number of aromatic carboxylic acids is 1. The van der Waals surface area contributed by atoms with Gasteiger partial charge in [0.1, 0.15) is 0 Å². The van der Waals surface area contributed by atoms with Gasteiger partial charge < -0.3 is 15.3 Å². The SMILES string of the molecule is O=C1CN(c2cc(Br)ccc2C(=O)O)CCN1. The third-order valence-corrected chi connectivity index (χ3v) is 3.06. The normalized spacial score (nSPS) is 15.6. The van der Waals surface area contributed by atoms with Gasteiger partial charge in [0.25, 0.3) is 0 Å². The summed E-state index contributed by atoms with van der Waals surface area (Å²) in [5.74, 6) is -1.08. The third-order valence-electron chi connectivity index (χ3n) is 2.57. The number of nitrogens with zero attached hydrogens (tertiary/aromatic N) is 1. The first kappa shape index (κ1) is 11.9. The molecule has 0 radical (unpaired) electrons. The molecule has 0 spiro atoms. The van der Waals surface area contributed by atoms with E-state index in [4.69, 9.17) is 5.11 Å². The van der Waals surface area contributed by atoms with E-state index >= 15 is 0 Å². The maximum Gasteiger partial charge on any atom is 0.337 e. The van der Waals surface area contributed by atoms with Crippen molar-refractivity contribution in [2.45, 2.75) is 0 Å².